The molecule has 0 saturated carbocycles. The fraction of sp³-hybridized carbons (Fsp3) is 0.700. The number of aromatic nitrogens is 1. The van der Waals surface area contributed by atoms with Crippen LogP contribution in [0.2, 0.25) is 0 Å². The Morgan fingerprint density at radius 2 is 2.31 bits per heavy atom. The van der Waals surface area contributed by atoms with Gasteiger partial charge in [0.2, 0.25) is 0 Å². The third kappa shape index (κ3) is 2.70. The molecule has 0 aliphatic carbocycles. The number of anilines is 1. The fourth-order valence-corrected chi connectivity index (χ4v) is 2.63. The van der Waals surface area contributed by atoms with E-state index in [1.54, 1.807) is 11.3 Å². The van der Waals surface area contributed by atoms with Gasteiger partial charge in [0.15, 0.2) is 5.13 Å². The van der Waals surface area contributed by atoms with Crippen molar-refractivity contribution in [1.82, 2.24) is 4.98 Å². The Balaban J connectivity index is 2.00. The second-order valence-corrected chi connectivity index (χ2v) is 4.80. The topological polar surface area (TPSA) is 71.6 Å². The number of nitrogens with zero attached hydrogens (tertiary/aromatic N) is 2. The number of rotatable bonds is 4. The molecule has 2 heterocycles. The van der Waals surface area contributed by atoms with Gasteiger partial charge in [0.25, 0.3) is 0 Å². The van der Waals surface area contributed by atoms with Crippen LogP contribution in [0.4, 0.5) is 5.13 Å². The van der Waals surface area contributed by atoms with Gasteiger partial charge in [-0.3, -0.25) is 0 Å². The molecule has 1 atom stereocenters. The molecule has 3 N–H and O–H groups in total. The predicted molar refractivity (Wildman–Crippen MR) is 63.8 cm³/mol. The number of aliphatic hydroxyl groups excluding tert-OH is 1. The maximum absolute atomic E-state index is 8.83. The van der Waals surface area contributed by atoms with Crippen molar-refractivity contribution < 1.29 is 9.84 Å². The van der Waals surface area contributed by atoms with Crippen molar-refractivity contribution in [3.05, 3.63) is 11.1 Å². The first-order chi connectivity index (χ1) is 7.81. The summed E-state index contributed by atoms with van der Waals surface area (Å²) < 4.78 is 5.29. The van der Waals surface area contributed by atoms with E-state index in [0.717, 1.165) is 36.3 Å². The molecule has 2 rings (SSSR count). The number of thiazole rings is 1. The van der Waals surface area contributed by atoms with Gasteiger partial charge in [-0.15, -0.1) is 11.3 Å². The van der Waals surface area contributed by atoms with Crippen molar-refractivity contribution in [2.45, 2.75) is 12.5 Å². The first kappa shape index (κ1) is 11.8. The van der Waals surface area contributed by atoms with Crippen LogP contribution in [-0.4, -0.2) is 43.0 Å². The maximum Gasteiger partial charge on any atom is 0.185 e. The molecule has 6 heteroatoms. The summed E-state index contributed by atoms with van der Waals surface area (Å²) in [6, 6.07) is -0.0997. The summed E-state index contributed by atoms with van der Waals surface area (Å²) in [6.45, 7) is 3.42. The molecule has 1 aliphatic heterocycles. The first-order valence-electron chi connectivity index (χ1n) is 5.46. The quantitative estimate of drug-likeness (QED) is 0.799. The molecule has 0 bridgehead atoms. The number of hydrogen-bond donors (Lipinski definition) is 2. The van der Waals surface area contributed by atoms with Crippen LogP contribution in [0.5, 0.6) is 0 Å². The summed E-state index contributed by atoms with van der Waals surface area (Å²) >= 11 is 1.61. The number of ether oxygens (including phenoxy) is 1. The zero-order valence-electron chi connectivity index (χ0n) is 9.13. The molecule has 0 spiro atoms. The SMILES string of the molecule is NC(CCO)c1cnc(N2CCOCC2)s1. The average Bonchev–Trinajstić information content (AvgIpc) is 2.80. The normalized spacial score (nSPS) is 18.8. The first-order valence-corrected chi connectivity index (χ1v) is 6.28. The highest BCUT2D eigenvalue weighted by atomic mass is 32.1. The Hall–Kier alpha value is -0.690. The third-order valence-electron chi connectivity index (χ3n) is 2.60. The van der Waals surface area contributed by atoms with Gasteiger partial charge in [-0.1, -0.05) is 0 Å². The zero-order valence-corrected chi connectivity index (χ0v) is 9.95. The van der Waals surface area contributed by atoms with Gasteiger partial charge in [-0.05, 0) is 6.42 Å². The van der Waals surface area contributed by atoms with E-state index in [1.807, 2.05) is 6.20 Å². The van der Waals surface area contributed by atoms with E-state index in [4.69, 9.17) is 15.6 Å². The monoisotopic (exact) mass is 243 g/mol. The second-order valence-electron chi connectivity index (χ2n) is 3.76. The van der Waals surface area contributed by atoms with E-state index in [1.165, 1.54) is 0 Å². The van der Waals surface area contributed by atoms with Gasteiger partial charge in [0, 0.05) is 36.8 Å². The van der Waals surface area contributed by atoms with Crippen LogP contribution < -0.4 is 10.6 Å². The third-order valence-corrected chi connectivity index (χ3v) is 3.79. The van der Waals surface area contributed by atoms with E-state index in [2.05, 4.69) is 9.88 Å². The Morgan fingerprint density at radius 1 is 1.56 bits per heavy atom. The van der Waals surface area contributed by atoms with Crippen molar-refractivity contribution in [1.29, 1.82) is 0 Å². The lowest BCUT2D eigenvalue weighted by atomic mass is 10.2. The summed E-state index contributed by atoms with van der Waals surface area (Å²) in [5.74, 6) is 0. The molecule has 16 heavy (non-hydrogen) atoms. The highest BCUT2D eigenvalue weighted by Gasteiger charge is 2.16. The Morgan fingerprint density at radius 3 is 3.00 bits per heavy atom. The second kappa shape index (κ2) is 5.58. The van der Waals surface area contributed by atoms with Gasteiger partial charge in [-0.25, -0.2) is 4.98 Å². The lowest BCUT2D eigenvalue weighted by molar-refractivity contribution is 0.122. The minimum absolute atomic E-state index is 0.0997. The van der Waals surface area contributed by atoms with Gasteiger partial charge in [0.1, 0.15) is 0 Å². The molecule has 1 unspecified atom stereocenters. The van der Waals surface area contributed by atoms with E-state index in [-0.39, 0.29) is 12.6 Å². The molecule has 1 saturated heterocycles. The smallest absolute Gasteiger partial charge is 0.185 e. The zero-order chi connectivity index (χ0) is 11.4. The van der Waals surface area contributed by atoms with E-state index in [0.29, 0.717) is 6.42 Å². The number of hydrogen-bond acceptors (Lipinski definition) is 6. The van der Waals surface area contributed by atoms with Gasteiger partial charge in [-0.2, -0.15) is 0 Å². The van der Waals surface area contributed by atoms with E-state index >= 15 is 0 Å². The Bertz CT molecular complexity index is 326. The maximum atomic E-state index is 8.83. The molecule has 5 nitrogen and oxygen atoms in total. The fourth-order valence-electron chi connectivity index (χ4n) is 1.63. The largest absolute Gasteiger partial charge is 0.396 e. The lowest BCUT2D eigenvalue weighted by Crippen LogP contribution is -2.36. The molecule has 1 aromatic heterocycles. The van der Waals surface area contributed by atoms with Crippen LogP contribution in [0.15, 0.2) is 6.20 Å². The average molecular weight is 243 g/mol. The van der Waals surface area contributed by atoms with Crippen LogP contribution in [0.25, 0.3) is 0 Å². The molecule has 1 fully saturated rings. The van der Waals surface area contributed by atoms with Crippen LogP contribution >= 0.6 is 11.3 Å². The molecule has 0 radical (unpaired) electrons. The number of morpholine rings is 1. The molecule has 0 amide bonds. The van der Waals surface area contributed by atoms with Crippen molar-refractivity contribution in [2.24, 2.45) is 5.73 Å². The highest BCUT2D eigenvalue weighted by Crippen LogP contribution is 2.27. The lowest BCUT2D eigenvalue weighted by Gasteiger charge is -2.26. The van der Waals surface area contributed by atoms with Crippen LogP contribution in [0, 0.1) is 0 Å². The van der Waals surface area contributed by atoms with Crippen molar-refractivity contribution in [3.8, 4) is 0 Å². The molecular weight excluding hydrogens is 226 g/mol. The minimum Gasteiger partial charge on any atom is -0.396 e. The molecular formula is C10H17N3O2S. The summed E-state index contributed by atoms with van der Waals surface area (Å²) in [4.78, 5) is 7.62. The summed E-state index contributed by atoms with van der Waals surface area (Å²) in [6.07, 6.45) is 2.40. The predicted octanol–water partition coefficient (Wildman–Crippen LogP) is 0.362. The minimum atomic E-state index is -0.0997. The van der Waals surface area contributed by atoms with E-state index in [9.17, 15) is 0 Å². The molecule has 90 valence electrons. The van der Waals surface area contributed by atoms with Crippen LogP contribution in [-0.2, 0) is 4.74 Å². The Kier molecular flexibility index (Phi) is 4.11. The summed E-state index contributed by atoms with van der Waals surface area (Å²) in [5, 5.41) is 9.84. The van der Waals surface area contributed by atoms with Crippen molar-refractivity contribution in [3.63, 3.8) is 0 Å². The van der Waals surface area contributed by atoms with Crippen LogP contribution in [0.3, 0.4) is 0 Å². The van der Waals surface area contributed by atoms with Gasteiger partial charge in [0.05, 0.1) is 13.2 Å². The van der Waals surface area contributed by atoms with Gasteiger partial charge < -0.3 is 20.5 Å². The molecule has 1 aromatic rings. The Labute approximate surface area is 98.8 Å². The van der Waals surface area contributed by atoms with Gasteiger partial charge >= 0.3 is 0 Å². The molecule has 1 aliphatic rings. The number of aliphatic hydroxyl groups is 1. The summed E-state index contributed by atoms with van der Waals surface area (Å²) in [7, 11) is 0. The standard InChI is InChI=1S/C10H17N3O2S/c11-8(1-4-14)9-7-12-10(16-9)13-2-5-15-6-3-13/h7-8,14H,1-6,11H2. The van der Waals surface area contributed by atoms with Crippen LogP contribution in [0.1, 0.15) is 17.3 Å². The van der Waals surface area contributed by atoms with E-state index < -0.39 is 0 Å². The van der Waals surface area contributed by atoms with Crippen molar-refractivity contribution in [2.75, 3.05) is 37.8 Å². The summed E-state index contributed by atoms with van der Waals surface area (Å²) in [5.41, 5.74) is 5.92. The molecule has 0 aromatic carbocycles. The van der Waals surface area contributed by atoms with Crippen molar-refractivity contribution >= 4 is 16.5 Å². The number of nitrogens with two attached hydrogens (primary N) is 1. The highest BCUT2D eigenvalue weighted by molar-refractivity contribution is 7.15.